The maximum absolute atomic E-state index is 12.7. The van der Waals surface area contributed by atoms with E-state index in [1.165, 1.54) is 39.0 Å². The van der Waals surface area contributed by atoms with Crippen molar-refractivity contribution in [1.82, 2.24) is 4.31 Å². The molecule has 132 valence electrons. The Hall–Kier alpha value is -2.29. The van der Waals surface area contributed by atoms with E-state index in [4.69, 9.17) is 0 Å². The molecule has 2 aromatic rings. The van der Waals surface area contributed by atoms with Crippen molar-refractivity contribution in [3.8, 4) is 0 Å². The van der Waals surface area contributed by atoms with E-state index in [1.807, 2.05) is 18.2 Å². The lowest BCUT2D eigenvalue weighted by Gasteiger charge is -2.31. The molecule has 1 saturated heterocycles. The fourth-order valence-corrected chi connectivity index (χ4v) is 4.43. The number of nitro benzene ring substituents is 1. The van der Waals surface area contributed by atoms with Crippen LogP contribution in [0.1, 0.15) is 5.56 Å². The molecule has 1 N–H and O–H groups in total. The molecular weight excluding hydrogens is 342 g/mol. The summed E-state index contributed by atoms with van der Waals surface area (Å²) in [6.07, 6.45) is 0. The normalized spacial score (nSPS) is 16.6. The van der Waals surface area contributed by atoms with E-state index in [2.05, 4.69) is 12.1 Å². The first-order chi connectivity index (χ1) is 12.0. The summed E-state index contributed by atoms with van der Waals surface area (Å²) in [7, 11) is -3.60. The van der Waals surface area contributed by atoms with Crippen molar-refractivity contribution in [1.29, 1.82) is 0 Å². The van der Waals surface area contributed by atoms with Crippen molar-refractivity contribution in [2.45, 2.75) is 11.4 Å². The zero-order valence-corrected chi connectivity index (χ0v) is 14.5. The summed E-state index contributed by atoms with van der Waals surface area (Å²) in [5.74, 6) is 0. The van der Waals surface area contributed by atoms with Gasteiger partial charge in [-0.1, -0.05) is 30.3 Å². The molecule has 0 unspecified atom stereocenters. The fraction of sp³-hybridized carbons (Fsp3) is 0.294. The molecule has 7 nitrogen and oxygen atoms in total. The van der Waals surface area contributed by atoms with E-state index in [0.29, 0.717) is 13.1 Å². The molecule has 1 heterocycles. The maximum atomic E-state index is 12.7. The van der Waals surface area contributed by atoms with Gasteiger partial charge in [-0.2, -0.15) is 4.31 Å². The number of quaternary nitrogens is 1. The van der Waals surface area contributed by atoms with E-state index >= 15 is 0 Å². The fourth-order valence-electron chi connectivity index (χ4n) is 2.99. The molecule has 1 aliphatic rings. The van der Waals surface area contributed by atoms with Gasteiger partial charge in [-0.15, -0.1) is 0 Å². The predicted molar refractivity (Wildman–Crippen MR) is 92.7 cm³/mol. The summed E-state index contributed by atoms with van der Waals surface area (Å²) in [5.41, 5.74) is 1.13. The molecule has 0 aliphatic carbocycles. The third-order valence-corrected chi connectivity index (χ3v) is 6.32. The number of rotatable bonds is 5. The number of sulfonamides is 1. The van der Waals surface area contributed by atoms with Crippen LogP contribution in [-0.4, -0.2) is 43.8 Å². The first-order valence-electron chi connectivity index (χ1n) is 8.09. The molecular formula is C17H20N3O4S+. The first kappa shape index (κ1) is 17.5. The Balaban J connectivity index is 1.64. The Bertz CT molecular complexity index is 830. The van der Waals surface area contributed by atoms with Gasteiger partial charge in [-0.3, -0.25) is 10.1 Å². The third-order valence-electron chi connectivity index (χ3n) is 4.41. The highest BCUT2D eigenvalue weighted by atomic mass is 32.2. The van der Waals surface area contributed by atoms with Crippen LogP contribution in [-0.2, 0) is 16.6 Å². The lowest BCUT2D eigenvalue weighted by molar-refractivity contribution is -0.917. The molecule has 0 radical (unpaired) electrons. The van der Waals surface area contributed by atoms with Crippen LogP contribution in [0.15, 0.2) is 59.5 Å². The first-order valence-corrected chi connectivity index (χ1v) is 9.53. The van der Waals surface area contributed by atoms with E-state index in [-0.39, 0.29) is 10.6 Å². The van der Waals surface area contributed by atoms with Crippen molar-refractivity contribution < 1.29 is 18.2 Å². The SMILES string of the molecule is O=[N+]([O-])c1ccc(S(=O)(=O)N2CC[NH+](Cc3ccccc3)CC2)cc1. The summed E-state index contributed by atoms with van der Waals surface area (Å²) in [5, 5.41) is 10.7. The van der Waals surface area contributed by atoms with Crippen LogP contribution in [0.3, 0.4) is 0 Å². The smallest absolute Gasteiger partial charge is 0.269 e. The monoisotopic (exact) mass is 362 g/mol. The van der Waals surface area contributed by atoms with E-state index in [9.17, 15) is 18.5 Å². The number of nitrogens with one attached hydrogen (secondary N) is 1. The van der Waals surface area contributed by atoms with Gasteiger partial charge in [0, 0.05) is 17.7 Å². The molecule has 0 aromatic heterocycles. The van der Waals surface area contributed by atoms with Gasteiger partial charge in [0.2, 0.25) is 10.0 Å². The summed E-state index contributed by atoms with van der Waals surface area (Å²) in [4.78, 5) is 11.6. The predicted octanol–water partition coefficient (Wildman–Crippen LogP) is 0.684. The minimum atomic E-state index is -3.60. The second kappa shape index (κ2) is 7.30. The Morgan fingerprint density at radius 2 is 1.60 bits per heavy atom. The van der Waals surface area contributed by atoms with Crippen LogP contribution in [0.4, 0.5) is 5.69 Å². The molecule has 25 heavy (non-hydrogen) atoms. The summed E-state index contributed by atoms with van der Waals surface area (Å²) < 4.78 is 26.8. The molecule has 0 atom stereocenters. The number of hydrogen-bond donors (Lipinski definition) is 1. The van der Waals surface area contributed by atoms with E-state index in [0.717, 1.165) is 19.6 Å². The van der Waals surface area contributed by atoms with Crippen molar-refractivity contribution in [2.24, 2.45) is 0 Å². The summed E-state index contributed by atoms with van der Waals surface area (Å²) in [6, 6.07) is 15.2. The zero-order chi connectivity index (χ0) is 17.9. The van der Waals surface area contributed by atoms with Crippen molar-refractivity contribution in [3.63, 3.8) is 0 Å². The van der Waals surface area contributed by atoms with Gasteiger partial charge in [0.1, 0.15) is 6.54 Å². The largest absolute Gasteiger partial charge is 0.329 e. The number of nitro groups is 1. The molecule has 0 saturated carbocycles. The zero-order valence-electron chi connectivity index (χ0n) is 13.7. The average molecular weight is 362 g/mol. The number of nitrogens with zero attached hydrogens (tertiary/aromatic N) is 2. The molecule has 1 fully saturated rings. The highest BCUT2D eigenvalue weighted by Gasteiger charge is 2.30. The van der Waals surface area contributed by atoms with E-state index < -0.39 is 14.9 Å². The van der Waals surface area contributed by atoms with Crippen LogP contribution in [0.2, 0.25) is 0 Å². The van der Waals surface area contributed by atoms with Gasteiger partial charge in [0.15, 0.2) is 0 Å². The molecule has 0 bridgehead atoms. The van der Waals surface area contributed by atoms with E-state index in [1.54, 1.807) is 0 Å². The van der Waals surface area contributed by atoms with Crippen LogP contribution in [0.5, 0.6) is 0 Å². The maximum Gasteiger partial charge on any atom is 0.269 e. The lowest BCUT2D eigenvalue weighted by Crippen LogP contribution is -3.13. The van der Waals surface area contributed by atoms with Crippen molar-refractivity contribution in [2.75, 3.05) is 26.2 Å². The standard InChI is InChI=1S/C17H19N3O4S/c21-20(22)16-6-8-17(9-7-16)25(23,24)19-12-10-18(11-13-19)14-15-4-2-1-3-5-15/h1-9H,10-14H2/p+1. The highest BCUT2D eigenvalue weighted by molar-refractivity contribution is 7.89. The Morgan fingerprint density at radius 3 is 2.16 bits per heavy atom. The number of piperazine rings is 1. The van der Waals surface area contributed by atoms with Gasteiger partial charge in [-0.05, 0) is 12.1 Å². The molecule has 8 heteroatoms. The summed E-state index contributed by atoms with van der Waals surface area (Å²) in [6.45, 7) is 3.25. The average Bonchev–Trinajstić information content (AvgIpc) is 2.63. The molecule has 0 spiro atoms. The Kier molecular flexibility index (Phi) is 5.12. The van der Waals surface area contributed by atoms with Crippen molar-refractivity contribution in [3.05, 3.63) is 70.3 Å². The minimum Gasteiger partial charge on any atom is -0.329 e. The van der Waals surface area contributed by atoms with Crippen LogP contribution < -0.4 is 4.90 Å². The van der Waals surface area contributed by atoms with Crippen LogP contribution >= 0.6 is 0 Å². The number of benzene rings is 2. The molecule has 3 rings (SSSR count). The quantitative estimate of drug-likeness (QED) is 0.626. The summed E-state index contributed by atoms with van der Waals surface area (Å²) >= 11 is 0. The number of hydrogen-bond acceptors (Lipinski definition) is 4. The topological polar surface area (TPSA) is 85.0 Å². The molecule has 2 aromatic carbocycles. The van der Waals surface area contributed by atoms with Crippen LogP contribution in [0.25, 0.3) is 0 Å². The minimum absolute atomic E-state index is 0.101. The second-order valence-electron chi connectivity index (χ2n) is 6.07. The van der Waals surface area contributed by atoms with Gasteiger partial charge in [0.05, 0.1) is 36.0 Å². The highest BCUT2D eigenvalue weighted by Crippen LogP contribution is 2.19. The van der Waals surface area contributed by atoms with Gasteiger partial charge >= 0.3 is 0 Å². The second-order valence-corrected chi connectivity index (χ2v) is 8.01. The molecule has 1 aliphatic heterocycles. The lowest BCUT2D eigenvalue weighted by atomic mass is 10.2. The van der Waals surface area contributed by atoms with Crippen molar-refractivity contribution >= 4 is 15.7 Å². The van der Waals surface area contributed by atoms with Gasteiger partial charge in [-0.25, -0.2) is 8.42 Å². The number of non-ortho nitro benzene ring substituents is 1. The third kappa shape index (κ3) is 4.04. The van der Waals surface area contributed by atoms with Crippen LogP contribution in [0, 0.1) is 10.1 Å². The van der Waals surface area contributed by atoms with Gasteiger partial charge in [0.25, 0.3) is 5.69 Å². The Morgan fingerprint density at radius 1 is 1.00 bits per heavy atom. The molecule has 0 amide bonds. The van der Waals surface area contributed by atoms with Gasteiger partial charge < -0.3 is 4.90 Å². The Labute approximate surface area is 146 Å².